The van der Waals surface area contributed by atoms with Crippen LogP contribution in [0.3, 0.4) is 0 Å². The highest BCUT2D eigenvalue weighted by molar-refractivity contribution is 5.74. The first-order valence-electron chi connectivity index (χ1n) is 8.96. The molecule has 7 nitrogen and oxygen atoms in total. The van der Waals surface area contributed by atoms with Gasteiger partial charge in [-0.05, 0) is 23.3 Å². The molecule has 2 aromatic carbocycles. The Morgan fingerprint density at radius 1 is 0.964 bits per heavy atom. The summed E-state index contributed by atoms with van der Waals surface area (Å²) in [6.07, 6.45) is 3.69. The highest BCUT2D eigenvalue weighted by Gasteiger charge is 2.10. The number of amides is 2. The Bertz CT molecular complexity index is 893. The molecule has 0 bridgehead atoms. The lowest BCUT2D eigenvalue weighted by molar-refractivity contribution is 0.240. The van der Waals surface area contributed by atoms with E-state index in [1.807, 2.05) is 59.4 Å². The molecular formula is C21H24N4O3. The molecule has 1 aromatic heterocycles. The standard InChI is InChI=1S/C21H24N4O3/c1-27-19-6-3-5-18(20(19)28-2)14-23-21(26)22-13-16-7-9-17(10-8-16)15-25-12-4-11-24-25/h3-12H,13-15H2,1-2H3,(H2,22,23,26). The second-order valence-corrected chi connectivity index (χ2v) is 6.21. The van der Waals surface area contributed by atoms with Crippen LogP contribution in [0.1, 0.15) is 16.7 Å². The van der Waals surface area contributed by atoms with Crippen LogP contribution in [0.15, 0.2) is 60.9 Å². The summed E-state index contributed by atoms with van der Waals surface area (Å²) in [6, 6.07) is 15.3. The number of para-hydroxylation sites is 1. The summed E-state index contributed by atoms with van der Waals surface area (Å²) < 4.78 is 12.5. The van der Waals surface area contributed by atoms with Gasteiger partial charge in [-0.2, -0.15) is 5.10 Å². The molecule has 3 aromatic rings. The quantitative estimate of drug-likeness (QED) is 0.630. The Morgan fingerprint density at radius 2 is 1.71 bits per heavy atom. The van der Waals surface area contributed by atoms with Crippen LogP contribution in [-0.4, -0.2) is 30.0 Å². The van der Waals surface area contributed by atoms with Crippen LogP contribution in [0.4, 0.5) is 4.79 Å². The van der Waals surface area contributed by atoms with Crippen LogP contribution in [0.25, 0.3) is 0 Å². The van der Waals surface area contributed by atoms with E-state index in [1.165, 1.54) is 0 Å². The van der Waals surface area contributed by atoms with E-state index in [-0.39, 0.29) is 6.03 Å². The van der Waals surface area contributed by atoms with Crippen molar-refractivity contribution in [3.05, 3.63) is 77.6 Å². The van der Waals surface area contributed by atoms with Crippen molar-refractivity contribution in [2.45, 2.75) is 19.6 Å². The Balaban J connectivity index is 1.48. The fourth-order valence-electron chi connectivity index (χ4n) is 2.86. The van der Waals surface area contributed by atoms with Gasteiger partial charge in [0.15, 0.2) is 11.5 Å². The zero-order valence-electron chi connectivity index (χ0n) is 16.0. The van der Waals surface area contributed by atoms with Gasteiger partial charge in [-0.1, -0.05) is 36.4 Å². The number of hydrogen-bond donors (Lipinski definition) is 2. The van der Waals surface area contributed by atoms with Gasteiger partial charge in [-0.25, -0.2) is 4.79 Å². The monoisotopic (exact) mass is 380 g/mol. The lowest BCUT2D eigenvalue weighted by atomic mass is 10.1. The smallest absolute Gasteiger partial charge is 0.315 e. The van der Waals surface area contributed by atoms with Gasteiger partial charge in [0, 0.05) is 31.0 Å². The maximum Gasteiger partial charge on any atom is 0.315 e. The van der Waals surface area contributed by atoms with Gasteiger partial charge >= 0.3 is 6.03 Å². The molecule has 146 valence electrons. The van der Waals surface area contributed by atoms with Crippen LogP contribution < -0.4 is 20.1 Å². The molecule has 0 aliphatic rings. The van der Waals surface area contributed by atoms with Gasteiger partial charge in [-0.3, -0.25) is 4.68 Å². The molecule has 3 rings (SSSR count). The fourth-order valence-corrected chi connectivity index (χ4v) is 2.86. The first-order valence-corrected chi connectivity index (χ1v) is 8.96. The highest BCUT2D eigenvalue weighted by atomic mass is 16.5. The van der Waals surface area contributed by atoms with Gasteiger partial charge in [0.2, 0.25) is 0 Å². The molecule has 7 heteroatoms. The number of rotatable bonds is 8. The molecule has 2 amide bonds. The number of ether oxygens (including phenoxy) is 2. The number of nitrogens with zero attached hydrogens (tertiary/aromatic N) is 2. The van der Waals surface area contributed by atoms with E-state index in [1.54, 1.807) is 20.4 Å². The minimum Gasteiger partial charge on any atom is -0.493 e. The number of hydrogen-bond acceptors (Lipinski definition) is 4. The third kappa shape index (κ3) is 5.03. The summed E-state index contributed by atoms with van der Waals surface area (Å²) in [5, 5.41) is 9.90. The molecule has 0 fully saturated rings. The van der Waals surface area contributed by atoms with Crippen molar-refractivity contribution < 1.29 is 14.3 Å². The SMILES string of the molecule is COc1cccc(CNC(=O)NCc2ccc(Cn3cccn3)cc2)c1OC. The van der Waals surface area contributed by atoms with E-state index in [2.05, 4.69) is 15.7 Å². The van der Waals surface area contributed by atoms with Gasteiger partial charge < -0.3 is 20.1 Å². The molecule has 0 saturated carbocycles. The van der Waals surface area contributed by atoms with Crippen LogP contribution in [-0.2, 0) is 19.6 Å². The van der Waals surface area contributed by atoms with E-state index >= 15 is 0 Å². The van der Waals surface area contributed by atoms with E-state index in [9.17, 15) is 4.79 Å². The van der Waals surface area contributed by atoms with Crippen LogP contribution in [0, 0.1) is 0 Å². The molecule has 0 aliphatic heterocycles. The summed E-state index contributed by atoms with van der Waals surface area (Å²) in [7, 11) is 3.17. The predicted octanol–water partition coefficient (Wildman–Crippen LogP) is 2.95. The summed E-state index contributed by atoms with van der Waals surface area (Å²) >= 11 is 0. The van der Waals surface area contributed by atoms with E-state index in [4.69, 9.17) is 9.47 Å². The second kappa shape index (κ2) is 9.45. The minimum atomic E-state index is -0.245. The minimum absolute atomic E-state index is 0.245. The summed E-state index contributed by atoms with van der Waals surface area (Å²) in [4.78, 5) is 12.1. The second-order valence-electron chi connectivity index (χ2n) is 6.21. The maximum absolute atomic E-state index is 12.1. The predicted molar refractivity (Wildman–Crippen MR) is 106 cm³/mol. The first kappa shape index (κ1) is 19.3. The number of urea groups is 1. The third-order valence-corrected chi connectivity index (χ3v) is 4.30. The lowest BCUT2D eigenvalue weighted by Gasteiger charge is -2.13. The van der Waals surface area contributed by atoms with Crippen molar-refractivity contribution in [3.8, 4) is 11.5 Å². The van der Waals surface area contributed by atoms with Gasteiger partial charge in [-0.15, -0.1) is 0 Å². The molecular weight excluding hydrogens is 356 g/mol. The van der Waals surface area contributed by atoms with E-state index in [0.29, 0.717) is 24.6 Å². The van der Waals surface area contributed by atoms with Crippen molar-refractivity contribution in [1.82, 2.24) is 20.4 Å². The Kier molecular flexibility index (Phi) is 6.51. The van der Waals surface area contributed by atoms with Crippen LogP contribution in [0.5, 0.6) is 11.5 Å². The molecule has 0 atom stereocenters. The van der Waals surface area contributed by atoms with Crippen molar-refractivity contribution in [3.63, 3.8) is 0 Å². The largest absolute Gasteiger partial charge is 0.493 e. The number of nitrogens with one attached hydrogen (secondary N) is 2. The summed E-state index contributed by atoms with van der Waals surface area (Å²) in [5.41, 5.74) is 3.03. The normalized spacial score (nSPS) is 10.4. The Labute approximate surface area is 164 Å². The molecule has 0 aliphatic carbocycles. The van der Waals surface area contributed by atoms with Crippen molar-refractivity contribution >= 4 is 6.03 Å². The Morgan fingerprint density at radius 3 is 2.39 bits per heavy atom. The summed E-state index contributed by atoms with van der Waals surface area (Å²) in [6.45, 7) is 1.52. The molecule has 0 saturated heterocycles. The van der Waals surface area contributed by atoms with Gasteiger partial charge in [0.1, 0.15) is 0 Å². The lowest BCUT2D eigenvalue weighted by Crippen LogP contribution is -2.34. The summed E-state index contributed by atoms with van der Waals surface area (Å²) in [5.74, 6) is 1.26. The molecule has 0 radical (unpaired) electrons. The zero-order valence-corrected chi connectivity index (χ0v) is 16.0. The molecule has 2 N–H and O–H groups in total. The van der Waals surface area contributed by atoms with Crippen LogP contribution in [0.2, 0.25) is 0 Å². The van der Waals surface area contributed by atoms with Crippen molar-refractivity contribution in [1.29, 1.82) is 0 Å². The number of aromatic nitrogens is 2. The first-order chi connectivity index (χ1) is 13.7. The number of methoxy groups -OCH3 is 2. The third-order valence-electron chi connectivity index (χ3n) is 4.30. The van der Waals surface area contributed by atoms with Gasteiger partial charge in [0.05, 0.1) is 20.8 Å². The van der Waals surface area contributed by atoms with E-state index < -0.39 is 0 Å². The zero-order chi connectivity index (χ0) is 19.8. The van der Waals surface area contributed by atoms with E-state index in [0.717, 1.165) is 23.2 Å². The highest BCUT2D eigenvalue weighted by Crippen LogP contribution is 2.30. The molecule has 0 unspecified atom stereocenters. The van der Waals surface area contributed by atoms with Crippen molar-refractivity contribution in [2.75, 3.05) is 14.2 Å². The topological polar surface area (TPSA) is 77.4 Å². The van der Waals surface area contributed by atoms with Gasteiger partial charge in [0.25, 0.3) is 0 Å². The van der Waals surface area contributed by atoms with Crippen LogP contribution >= 0.6 is 0 Å². The number of carbonyl (C=O) groups is 1. The average Bonchev–Trinajstić information content (AvgIpc) is 3.24. The average molecular weight is 380 g/mol. The molecule has 28 heavy (non-hydrogen) atoms. The Hall–Kier alpha value is -3.48. The fraction of sp³-hybridized carbons (Fsp3) is 0.238. The number of carbonyl (C=O) groups excluding carboxylic acids is 1. The number of benzene rings is 2. The molecule has 1 heterocycles. The maximum atomic E-state index is 12.1. The molecule has 0 spiro atoms. The van der Waals surface area contributed by atoms with Crippen molar-refractivity contribution in [2.24, 2.45) is 0 Å².